The molecule has 0 aliphatic rings. The minimum atomic E-state index is -0.444. The van der Waals surface area contributed by atoms with Crippen molar-refractivity contribution in [3.8, 4) is 0 Å². The third-order valence-electron chi connectivity index (χ3n) is 2.81. The fourth-order valence-corrected chi connectivity index (χ4v) is 2.41. The topological polar surface area (TPSA) is 54.0 Å². The maximum Gasteiger partial charge on any atom is 0.238 e. The van der Waals surface area contributed by atoms with Crippen LogP contribution in [0.5, 0.6) is 0 Å². The second-order valence-corrected chi connectivity index (χ2v) is 5.74. The van der Waals surface area contributed by atoms with Gasteiger partial charge < -0.3 is 5.32 Å². The minimum absolute atomic E-state index is 0.0842. The summed E-state index contributed by atoms with van der Waals surface area (Å²) >= 11 is 1.52. The number of carbonyl (C=O) groups is 1. The van der Waals surface area contributed by atoms with Crippen LogP contribution in [0, 0.1) is 5.82 Å². The smallest absolute Gasteiger partial charge is 0.238 e. The van der Waals surface area contributed by atoms with Crippen LogP contribution in [0.4, 0.5) is 10.1 Å². The van der Waals surface area contributed by atoms with E-state index in [4.69, 9.17) is 0 Å². The van der Waals surface area contributed by atoms with Gasteiger partial charge in [-0.25, -0.2) is 9.37 Å². The van der Waals surface area contributed by atoms with E-state index in [1.54, 1.807) is 18.3 Å². The van der Waals surface area contributed by atoms with E-state index >= 15 is 0 Å². The molecule has 0 atom stereocenters. The molecule has 6 heteroatoms. The first kappa shape index (κ1) is 14.6. The molecule has 2 rings (SSSR count). The Hall–Kier alpha value is -1.79. The fraction of sp³-hybridized carbons (Fsp3) is 0.286. The first-order chi connectivity index (χ1) is 9.49. The third-order valence-corrected chi connectivity index (χ3v) is 3.90. The maximum atomic E-state index is 13.4. The van der Waals surface area contributed by atoms with Gasteiger partial charge in [-0.2, -0.15) is 0 Å². The highest BCUT2D eigenvalue weighted by atomic mass is 32.1. The number of para-hydroxylation sites is 1. The summed E-state index contributed by atoms with van der Waals surface area (Å²) in [4.78, 5) is 16.1. The highest BCUT2D eigenvalue weighted by Gasteiger charge is 2.23. The molecule has 2 N–H and O–H groups in total. The minimum Gasteiger partial charge on any atom is -0.322 e. The number of amides is 1. The molecule has 0 radical (unpaired) electrons. The summed E-state index contributed by atoms with van der Waals surface area (Å²) in [6, 6.07) is 6.09. The fourth-order valence-electron chi connectivity index (χ4n) is 1.67. The first-order valence-corrected chi connectivity index (χ1v) is 7.06. The molecule has 106 valence electrons. The van der Waals surface area contributed by atoms with E-state index in [1.807, 2.05) is 19.2 Å². The van der Waals surface area contributed by atoms with Gasteiger partial charge in [0.2, 0.25) is 5.91 Å². The Labute approximate surface area is 121 Å². The summed E-state index contributed by atoms with van der Waals surface area (Å²) < 4.78 is 13.4. The van der Waals surface area contributed by atoms with Crippen molar-refractivity contribution in [2.24, 2.45) is 0 Å². The molecule has 1 amide bonds. The summed E-state index contributed by atoms with van der Waals surface area (Å²) in [6.45, 7) is 3.98. The van der Waals surface area contributed by atoms with Crippen molar-refractivity contribution in [3.05, 3.63) is 46.7 Å². The molecule has 1 aromatic carbocycles. The summed E-state index contributed by atoms with van der Waals surface area (Å²) in [7, 11) is 0. The van der Waals surface area contributed by atoms with Gasteiger partial charge in [-0.15, -0.1) is 11.3 Å². The summed E-state index contributed by atoms with van der Waals surface area (Å²) in [5.74, 6) is -0.736. The van der Waals surface area contributed by atoms with Gasteiger partial charge in [-0.05, 0) is 26.0 Å². The van der Waals surface area contributed by atoms with Crippen molar-refractivity contribution in [2.45, 2.75) is 19.4 Å². The van der Waals surface area contributed by atoms with E-state index in [1.165, 1.54) is 23.5 Å². The zero-order chi connectivity index (χ0) is 14.6. The lowest BCUT2D eigenvalue weighted by Gasteiger charge is -2.23. The molecule has 4 nitrogen and oxygen atoms in total. The van der Waals surface area contributed by atoms with Gasteiger partial charge in [0.1, 0.15) is 10.8 Å². The van der Waals surface area contributed by atoms with Gasteiger partial charge in [0.25, 0.3) is 0 Å². The number of nitrogens with zero attached hydrogens (tertiary/aromatic N) is 1. The van der Waals surface area contributed by atoms with E-state index in [0.29, 0.717) is 0 Å². The van der Waals surface area contributed by atoms with Crippen LogP contribution in [0.15, 0.2) is 35.8 Å². The lowest BCUT2D eigenvalue weighted by molar-refractivity contribution is -0.115. The molecular weight excluding hydrogens is 277 g/mol. The Morgan fingerprint density at radius 1 is 1.40 bits per heavy atom. The number of rotatable bonds is 5. The van der Waals surface area contributed by atoms with Gasteiger partial charge in [-0.1, -0.05) is 12.1 Å². The molecule has 0 spiro atoms. The Balaban J connectivity index is 1.91. The predicted molar refractivity (Wildman–Crippen MR) is 78.2 cm³/mol. The molecule has 0 saturated heterocycles. The lowest BCUT2D eigenvalue weighted by Crippen LogP contribution is -2.41. The zero-order valence-corrected chi connectivity index (χ0v) is 12.1. The second-order valence-electron chi connectivity index (χ2n) is 4.84. The summed E-state index contributed by atoms with van der Waals surface area (Å²) in [5.41, 5.74) is -0.216. The molecule has 20 heavy (non-hydrogen) atoms. The van der Waals surface area contributed by atoms with Crippen LogP contribution in [-0.4, -0.2) is 17.4 Å². The number of benzene rings is 1. The van der Waals surface area contributed by atoms with E-state index in [-0.39, 0.29) is 18.1 Å². The number of hydrogen-bond acceptors (Lipinski definition) is 4. The van der Waals surface area contributed by atoms with Crippen LogP contribution in [0.3, 0.4) is 0 Å². The number of nitrogens with one attached hydrogen (secondary N) is 2. The van der Waals surface area contributed by atoms with Crippen LogP contribution in [0.2, 0.25) is 0 Å². The Morgan fingerprint density at radius 3 is 2.80 bits per heavy atom. The van der Waals surface area contributed by atoms with Crippen molar-refractivity contribution in [1.29, 1.82) is 0 Å². The number of thiazole rings is 1. The number of aromatic nitrogens is 1. The van der Waals surface area contributed by atoms with Gasteiger partial charge in [-0.3, -0.25) is 10.1 Å². The molecule has 1 heterocycles. The first-order valence-electron chi connectivity index (χ1n) is 6.18. The van der Waals surface area contributed by atoms with Gasteiger partial charge in [0, 0.05) is 11.6 Å². The third kappa shape index (κ3) is 3.61. The number of carbonyl (C=O) groups excluding carboxylic acids is 1. The number of halogens is 1. The molecule has 0 saturated carbocycles. The van der Waals surface area contributed by atoms with E-state index in [2.05, 4.69) is 15.6 Å². The van der Waals surface area contributed by atoms with Gasteiger partial charge in [0.15, 0.2) is 0 Å². The number of hydrogen-bond donors (Lipinski definition) is 2. The van der Waals surface area contributed by atoms with Crippen LogP contribution >= 0.6 is 11.3 Å². The standard InChI is InChI=1S/C14H16FN3OS/c1-14(2,13-16-7-8-20-13)17-9-12(19)18-11-6-4-3-5-10(11)15/h3-8,17H,9H2,1-2H3,(H,18,19). The number of anilines is 1. The van der Waals surface area contributed by atoms with Crippen molar-refractivity contribution in [2.75, 3.05) is 11.9 Å². The molecule has 0 aliphatic heterocycles. The van der Waals surface area contributed by atoms with Gasteiger partial charge in [0.05, 0.1) is 17.8 Å². The predicted octanol–water partition coefficient (Wildman–Crippen LogP) is 2.75. The highest BCUT2D eigenvalue weighted by molar-refractivity contribution is 7.09. The van der Waals surface area contributed by atoms with Gasteiger partial charge >= 0.3 is 0 Å². The zero-order valence-electron chi connectivity index (χ0n) is 11.3. The molecule has 0 unspecified atom stereocenters. The van der Waals surface area contributed by atoms with E-state index in [0.717, 1.165) is 5.01 Å². The second kappa shape index (κ2) is 6.11. The quantitative estimate of drug-likeness (QED) is 0.891. The monoisotopic (exact) mass is 293 g/mol. The molecule has 0 aliphatic carbocycles. The summed E-state index contributed by atoms with van der Waals surface area (Å²) in [5, 5.41) is 8.44. The van der Waals surface area contributed by atoms with E-state index < -0.39 is 11.4 Å². The van der Waals surface area contributed by atoms with Crippen LogP contribution in [0.25, 0.3) is 0 Å². The van der Waals surface area contributed by atoms with Crippen molar-refractivity contribution in [3.63, 3.8) is 0 Å². The van der Waals surface area contributed by atoms with Crippen molar-refractivity contribution in [1.82, 2.24) is 10.3 Å². The molecule has 2 aromatic rings. The average molecular weight is 293 g/mol. The Bertz CT molecular complexity index is 584. The molecule has 1 aromatic heterocycles. The Kier molecular flexibility index (Phi) is 4.46. The lowest BCUT2D eigenvalue weighted by atomic mass is 10.1. The van der Waals surface area contributed by atoms with Crippen molar-refractivity contribution >= 4 is 22.9 Å². The Morgan fingerprint density at radius 2 is 2.15 bits per heavy atom. The maximum absolute atomic E-state index is 13.4. The molecular formula is C14H16FN3OS. The summed E-state index contributed by atoms with van der Waals surface area (Å²) in [6.07, 6.45) is 1.73. The SMILES string of the molecule is CC(C)(NCC(=O)Nc1ccccc1F)c1nccs1. The molecule has 0 fully saturated rings. The van der Waals surface area contributed by atoms with E-state index in [9.17, 15) is 9.18 Å². The van der Waals surface area contributed by atoms with Crippen molar-refractivity contribution < 1.29 is 9.18 Å². The average Bonchev–Trinajstić information content (AvgIpc) is 2.94. The van der Waals surface area contributed by atoms with Crippen LogP contribution < -0.4 is 10.6 Å². The van der Waals surface area contributed by atoms with Crippen LogP contribution in [-0.2, 0) is 10.3 Å². The molecule has 0 bridgehead atoms. The normalized spacial score (nSPS) is 11.3. The highest BCUT2D eigenvalue weighted by Crippen LogP contribution is 2.21. The largest absolute Gasteiger partial charge is 0.322 e. The van der Waals surface area contributed by atoms with Crippen LogP contribution in [0.1, 0.15) is 18.9 Å².